The number of nitrogens with two attached hydrogens (primary N) is 1. The highest BCUT2D eigenvalue weighted by molar-refractivity contribution is 5.78. The lowest BCUT2D eigenvalue weighted by molar-refractivity contribution is -0.116. The fourth-order valence-corrected chi connectivity index (χ4v) is 1.50. The van der Waals surface area contributed by atoms with Gasteiger partial charge in [0.1, 0.15) is 0 Å². The average Bonchev–Trinajstić information content (AvgIpc) is 2.35. The van der Waals surface area contributed by atoms with Crippen LogP contribution >= 0.6 is 0 Å². The predicted octanol–water partition coefficient (Wildman–Crippen LogP) is 0.402. The Hall–Kier alpha value is -2.12. The second kappa shape index (κ2) is 7.46. The van der Waals surface area contributed by atoms with Crippen molar-refractivity contribution in [1.29, 1.82) is 0 Å². The summed E-state index contributed by atoms with van der Waals surface area (Å²) in [6, 6.07) is 0.226. The molecule has 1 aromatic heterocycles. The van der Waals surface area contributed by atoms with E-state index in [-0.39, 0.29) is 18.7 Å². The van der Waals surface area contributed by atoms with E-state index in [2.05, 4.69) is 20.3 Å². The maximum absolute atomic E-state index is 11.1. The van der Waals surface area contributed by atoms with E-state index in [1.54, 1.807) is 4.90 Å². The standard InChI is InChI=1S/C12H22N6O2/c1-5-14-10-15-11(18(6-2)7-9(13)19)17-12(16-10)20-8(3)4/h8H,5-7H2,1-4H3,(H2,13,19)(H,14,15,16,17). The number of carbonyl (C=O) groups is 1. The van der Waals surface area contributed by atoms with E-state index in [9.17, 15) is 4.79 Å². The maximum Gasteiger partial charge on any atom is 0.323 e. The van der Waals surface area contributed by atoms with Crippen molar-refractivity contribution in [3.05, 3.63) is 0 Å². The number of ether oxygens (including phenoxy) is 1. The molecule has 0 bridgehead atoms. The van der Waals surface area contributed by atoms with Crippen molar-refractivity contribution >= 4 is 17.8 Å². The van der Waals surface area contributed by atoms with Gasteiger partial charge in [-0.15, -0.1) is 0 Å². The summed E-state index contributed by atoms with van der Waals surface area (Å²) in [5.41, 5.74) is 5.22. The molecule has 0 unspecified atom stereocenters. The lowest BCUT2D eigenvalue weighted by atomic mass is 10.5. The fourth-order valence-electron chi connectivity index (χ4n) is 1.50. The Bertz CT molecular complexity index is 452. The molecule has 0 aliphatic rings. The molecule has 1 amide bonds. The molecule has 1 aromatic rings. The van der Waals surface area contributed by atoms with Gasteiger partial charge in [-0.25, -0.2) is 0 Å². The number of amides is 1. The number of hydrogen-bond acceptors (Lipinski definition) is 7. The first-order chi connectivity index (χ1) is 9.46. The van der Waals surface area contributed by atoms with E-state index in [1.165, 1.54) is 0 Å². The highest BCUT2D eigenvalue weighted by atomic mass is 16.5. The number of likely N-dealkylation sites (N-methyl/N-ethyl adjacent to an activating group) is 1. The average molecular weight is 282 g/mol. The Morgan fingerprint density at radius 2 is 2.05 bits per heavy atom. The third-order valence-electron chi connectivity index (χ3n) is 2.29. The van der Waals surface area contributed by atoms with Crippen LogP contribution in [-0.2, 0) is 4.79 Å². The van der Waals surface area contributed by atoms with Gasteiger partial charge in [0.2, 0.25) is 17.8 Å². The van der Waals surface area contributed by atoms with Crippen molar-refractivity contribution in [3.8, 4) is 6.01 Å². The number of carbonyl (C=O) groups excluding carboxylic acids is 1. The summed E-state index contributed by atoms with van der Waals surface area (Å²) >= 11 is 0. The maximum atomic E-state index is 11.1. The van der Waals surface area contributed by atoms with Crippen molar-refractivity contribution in [2.24, 2.45) is 5.73 Å². The Labute approximate surface area is 118 Å². The lowest BCUT2D eigenvalue weighted by Gasteiger charge is -2.20. The van der Waals surface area contributed by atoms with Crippen LogP contribution in [0.5, 0.6) is 6.01 Å². The van der Waals surface area contributed by atoms with Crippen molar-refractivity contribution < 1.29 is 9.53 Å². The van der Waals surface area contributed by atoms with Gasteiger partial charge in [-0.1, -0.05) is 0 Å². The van der Waals surface area contributed by atoms with E-state index in [1.807, 2.05) is 27.7 Å². The summed E-state index contributed by atoms with van der Waals surface area (Å²) in [7, 11) is 0. The second-order valence-electron chi connectivity index (χ2n) is 4.42. The first-order valence-electron chi connectivity index (χ1n) is 6.66. The molecule has 112 valence electrons. The largest absolute Gasteiger partial charge is 0.461 e. The Morgan fingerprint density at radius 3 is 2.55 bits per heavy atom. The SMILES string of the molecule is CCNc1nc(OC(C)C)nc(N(CC)CC(N)=O)n1. The minimum Gasteiger partial charge on any atom is -0.461 e. The zero-order valence-electron chi connectivity index (χ0n) is 12.4. The number of rotatable bonds is 8. The Balaban J connectivity index is 3.08. The van der Waals surface area contributed by atoms with Crippen molar-refractivity contribution in [1.82, 2.24) is 15.0 Å². The van der Waals surface area contributed by atoms with Crippen molar-refractivity contribution in [3.63, 3.8) is 0 Å². The number of hydrogen-bond donors (Lipinski definition) is 2. The quantitative estimate of drug-likeness (QED) is 0.710. The second-order valence-corrected chi connectivity index (χ2v) is 4.42. The Morgan fingerprint density at radius 1 is 1.35 bits per heavy atom. The summed E-state index contributed by atoms with van der Waals surface area (Å²) in [5, 5.41) is 3.01. The van der Waals surface area contributed by atoms with Crippen molar-refractivity contribution in [2.75, 3.05) is 29.9 Å². The van der Waals surface area contributed by atoms with Gasteiger partial charge in [-0.2, -0.15) is 15.0 Å². The third kappa shape index (κ3) is 4.87. The number of nitrogens with one attached hydrogen (secondary N) is 1. The summed E-state index contributed by atoms with van der Waals surface area (Å²) in [6.45, 7) is 8.88. The molecule has 0 fully saturated rings. The van der Waals surface area contributed by atoms with Crippen LogP contribution in [0.3, 0.4) is 0 Å². The van der Waals surface area contributed by atoms with E-state index in [4.69, 9.17) is 10.5 Å². The fraction of sp³-hybridized carbons (Fsp3) is 0.667. The van der Waals surface area contributed by atoms with Crippen LogP contribution in [0, 0.1) is 0 Å². The number of nitrogens with zero attached hydrogens (tertiary/aromatic N) is 4. The molecular formula is C12H22N6O2. The zero-order valence-corrected chi connectivity index (χ0v) is 12.4. The predicted molar refractivity (Wildman–Crippen MR) is 76.8 cm³/mol. The van der Waals surface area contributed by atoms with Crippen LogP contribution in [0.25, 0.3) is 0 Å². The summed E-state index contributed by atoms with van der Waals surface area (Å²) in [6.07, 6.45) is -0.0501. The molecule has 1 heterocycles. The van der Waals surface area contributed by atoms with Gasteiger partial charge in [0.25, 0.3) is 0 Å². The van der Waals surface area contributed by atoms with Gasteiger partial charge in [0.15, 0.2) is 0 Å². The highest BCUT2D eigenvalue weighted by Crippen LogP contribution is 2.15. The van der Waals surface area contributed by atoms with Crippen LogP contribution in [0.4, 0.5) is 11.9 Å². The first-order valence-corrected chi connectivity index (χ1v) is 6.66. The molecule has 8 heteroatoms. The van der Waals surface area contributed by atoms with Gasteiger partial charge in [0, 0.05) is 13.1 Å². The molecule has 0 radical (unpaired) electrons. The van der Waals surface area contributed by atoms with Crippen molar-refractivity contribution in [2.45, 2.75) is 33.8 Å². The van der Waals surface area contributed by atoms with Gasteiger partial charge in [0.05, 0.1) is 12.6 Å². The minimum atomic E-state index is -0.441. The van der Waals surface area contributed by atoms with E-state index in [0.717, 1.165) is 0 Å². The highest BCUT2D eigenvalue weighted by Gasteiger charge is 2.15. The minimum absolute atomic E-state index is 0.0488. The van der Waals surface area contributed by atoms with E-state index in [0.29, 0.717) is 25.0 Å². The van der Waals surface area contributed by atoms with Gasteiger partial charge in [-0.3, -0.25) is 4.79 Å². The topological polar surface area (TPSA) is 106 Å². The molecule has 0 aromatic carbocycles. The smallest absolute Gasteiger partial charge is 0.323 e. The number of aromatic nitrogens is 3. The van der Waals surface area contributed by atoms with E-state index < -0.39 is 5.91 Å². The number of anilines is 2. The monoisotopic (exact) mass is 282 g/mol. The molecule has 3 N–H and O–H groups in total. The summed E-state index contributed by atoms with van der Waals surface area (Å²) < 4.78 is 5.50. The van der Waals surface area contributed by atoms with Gasteiger partial charge in [-0.05, 0) is 27.7 Å². The Kier molecular flexibility index (Phi) is 5.95. The number of primary amides is 1. The normalized spacial score (nSPS) is 10.4. The molecule has 0 atom stereocenters. The molecule has 0 aliphatic carbocycles. The first kappa shape index (κ1) is 15.9. The van der Waals surface area contributed by atoms with Crippen LogP contribution in [0.1, 0.15) is 27.7 Å². The molecule has 1 rings (SSSR count). The molecule has 20 heavy (non-hydrogen) atoms. The van der Waals surface area contributed by atoms with Crippen LogP contribution in [-0.4, -0.2) is 46.6 Å². The zero-order chi connectivity index (χ0) is 15.1. The van der Waals surface area contributed by atoms with Crippen LogP contribution < -0.4 is 20.7 Å². The molecule has 0 spiro atoms. The summed E-state index contributed by atoms with van der Waals surface area (Å²) in [5.74, 6) is 0.340. The molecule has 0 aliphatic heterocycles. The molecule has 8 nitrogen and oxygen atoms in total. The molecule has 0 saturated heterocycles. The third-order valence-corrected chi connectivity index (χ3v) is 2.29. The summed E-state index contributed by atoms with van der Waals surface area (Å²) in [4.78, 5) is 25.4. The molecular weight excluding hydrogens is 260 g/mol. The van der Waals surface area contributed by atoms with Gasteiger partial charge < -0.3 is 20.7 Å². The lowest BCUT2D eigenvalue weighted by Crippen LogP contribution is -2.35. The van der Waals surface area contributed by atoms with E-state index >= 15 is 0 Å². The van der Waals surface area contributed by atoms with Crippen LogP contribution in [0.15, 0.2) is 0 Å². The molecule has 0 saturated carbocycles. The van der Waals surface area contributed by atoms with Gasteiger partial charge >= 0.3 is 6.01 Å². The van der Waals surface area contributed by atoms with Crippen LogP contribution in [0.2, 0.25) is 0 Å².